The number of nitrogens with zero attached hydrogens (tertiary/aromatic N) is 4. The number of fused-ring (bicyclic) bond motifs is 3. The van der Waals surface area contributed by atoms with Crippen molar-refractivity contribution in [3.05, 3.63) is 47.0 Å². The number of rotatable bonds is 7. The molecule has 2 aromatic heterocycles. The lowest BCUT2D eigenvalue weighted by molar-refractivity contribution is -0.140. The number of hydrogen-bond donors (Lipinski definition) is 2. The van der Waals surface area contributed by atoms with Gasteiger partial charge in [-0.25, -0.2) is 23.2 Å². The summed E-state index contributed by atoms with van der Waals surface area (Å²) in [7, 11) is -0.852. The number of benzene rings is 1. The summed E-state index contributed by atoms with van der Waals surface area (Å²) in [4.78, 5) is 53.2. The van der Waals surface area contributed by atoms with Gasteiger partial charge in [0.1, 0.15) is 39.9 Å². The maximum Gasteiger partial charge on any atom is 0.434 e. The van der Waals surface area contributed by atoms with Crippen LogP contribution in [0.4, 0.5) is 18.0 Å². The minimum absolute atomic E-state index is 0.0186. The van der Waals surface area contributed by atoms with Gasteiger partial charge < -0.3 is 24.6 Å². The molecule has 4 amide bonds. The molecule has 4 atom stereocenters. The second-order valence-corrected chi connectivity index (χ2v) is 17.8. The molecule has 4 aliphatic rings. The molecule has 3 aromatic rings. The lowest BCUT2D eigenvalue weighted by atomic mass is 10.1. The fraction of sp³-hybridized carbons (Fsp3) is 0.528. The van der Waals surface area contributed by atoms with E-state index in [1.807, 2.05) is 12.2 Å². The van der Waals surface area contributed by atoms with E-state index in [0.29, 0.717) is 54.4 Å². The fourth-order valence-corrected chi connectivity index (χ4v) is 9.21. The standard InChI is InChI=1S/C36H41F3N6O7S2/c1-20-26(51-4)11-10-23-27(16-24(40-29(20)23)30-41-28(19-53-30)36(37,38)39)52-22-15-25-31(46)44(3)14-8-6-5-7-9-21-17-35(21,42-33(48)45(25)18-22)32(47)43-54(49,50)34(2)12-13-34/h7,9-11,16,19,21-22,25H,5-6,8,12-15,17-18H2,1-4H3,(H,42,48)(H,43,47)/t21-,22+,25+,35-/m1/s1. The first kappa shape index (κ1) is 37.8. The minimum atomic E-state index is -4.65. The van der Waals surface area contributed by atoms with Crippen molar-refractivity contribution < 1.29 is 45.4 Å². The average molecular weight is 791 g/mol. The monoisotopic (exact) mass is 790 g/mol. The van der Waals surface area contributed by atoms with Crippen LogP contribution in [0.3, 0.4) is 0 Å². The molecule has 2 aliphatic carbocycles. The summed E-state index contributed by atoms with van der Waals surface area (Å²) in [6.07, 6.45) is 1.56. The maximum absolute atomic E-state index is 14.2. The molecule has 1 aromatic carbocycles. The molecule has 18 heteroatoms. The third kappa shape index (κ3) is 6.97. The first-order valence-corrected chi connectivity index (χ1v) is 20.1. The number of urea groups is 1. The van der Waals surface area contributed by atoms with E-state index in [1.165, 1.54) is 18.1 Å². The van der Waals surface area contributed by atoms with E-state index in [1.54, 1.807) is 37.9 Å². The quantitative estimate of drug-likeness (QED) is 0.308. The Morgan fingerprint density at radius 3 is 2.59 bits per heavy atom. The number of pyridine rings is 1. The van der Waals surface area contributed by atoms with Gasteiger partial charge in [-0.1, -0.05) is 12.2 Å². The van der Waals surface area contributed by atoms with E-state index in [-0.39, 0.29) is 41.7 Å². The highest BCUT2D eigenvalue weighted by atomic mass is 32.2. The van der Waals surface area contributed by atoms with Crippen LogP contribution < -0.4 is 19.5 Å². The second-order valence-electron chi connectivity index (χ2n) is 14.8. The highest BCUT2D eigenvalue weighted by Crippen LogP contribution is 2.48. The lowest BCUT2D eigenvalue weighted by Gasteiger charge is -2.30. The number of hydrogen-bond acceptors (Lipinski definition) is 10. The van der Waals surface area contributed by atoms with Crippen LogP contribution in [-0.2, 0) is 25.8 Å². The van der Waals surface area contributed by atoms with Crippen molar-refractivity contribution in [2.75, 3.05) is 27.2 Å². The number of likely N-dealkylation sites (N-methyl/N-ethyl adjacent to an activating group) is 1. The first-order chi connectivity index (χ1) is 25.5. The van der Waals surface area contributed by atoms with Crippen LogP contribution in [0.1, 0.15) is 63.1 Å². The van der Waals surface area contributed by atoms with Crippen molar-refractivity contribution >= 4 is 50.1 Å². The molecule has 0 unspecified atom stereocenters. The van der Waals surface area contributed by atoms with Gasteiger partial charge in [0.25, 0.3) is 5.91 Å². The smallest absolute Gasteiger partial charge is 0.434 e. The summed E-state index contributed by atoms with van der Waals surface area (Å²) in [5, 5.41) is 4.27. The van der Waals surface area contributed by atoms with Crippen molar-refractivity contribution in [1.82, 2.24) is 29.8 Å². The van der Waals surface area contributed by atoms with Crippen LogP contribution >= 0.6 is 11.3 Å². The molecule has 2 N–H and O–H groups in total. The molecule has 4 heterocycles. The van der Waals surface area contributed by atoms with E-state index < -0.39 is 62.2 Å². The van der Waals surface area contributed by atoms with Crippen LogP contribution in [-0.4, -0.2) is 95.7 Å². The van der Waals surface area contributed by atoms with Crippen molar-refractivity contribution in [3.8, 4) is 22.2 Å². The Morgan fingerprint density at radius 1 is 1.15 bits per heavy atom. The Bertz CT molecular complexity index is 2150. The number of sulfonamides is 1. The first-order valence-electron chi connectivity index (χ1n) is 17.7. The van der Waals surface area contributed by atoms with Crippen molar-refractivity contribution in [2.24, 2.45) is 5.92 Å². The highest BCUT2D eigenvalue weighted by molar-refractivity contribution is 7.91. The number of aryl methyl sites for hydroxylation is 1. The summed E-state index contributed by atoms with van der Waals surface area (Å²) < 4.78 is 79.8. The number of alkyl halides is 3. The van der Waals surface area contributed by atoms with E-state index in [9.17, 15) is 36.0 Å². The molecule has 13 nitrogen and oxygen atoms in total. The zero-order chi connectivity index (χ0) is 38.8. The van der Waals surface area contributed by atoms with Gasteiger partial charge in [-0.2, -0.15) is 13.2 Å². The van der Waals surface area contributed by atoms with Crippen LogP contribution in [0.15, 0.2) is 35.7 Å². The van der Waals surface area contributed by atoms with Gasteiger partial charge in [0.2, 0.25) is 15.9 Å². The van der Waals surface area contributed by atoms with E-state index >= 15 is 0 Å². The molecular weight excluding hydrogens is 750 g/mol. The predicted octanol–water partition coefficient (Wildman–Crippen LogP) is 5.18. The molecule has 1 saturated heterocycles. The zero-order valence-corrected chi connectivity index (χ0v) is 31.8. The predicted molar refractivity (Wildman–Crippen MR) is 193 cm³/mol. The Kier molecular flexibility index (Phi) is 9.59. The number of methoxy groups -OCH3 is 1. The molecule has 2 saturated carbocycles. The van der Waals surface area contributed by atoms with Gasteiger partial charge >= 0.3 is 12.2 Å². The summed E-state index contributed by atoms with van der Waals surface area (Å²) in [5.41, 5.74) is -1.43. The molecule has 54 heavy (non-hydrogen) atoms. The Balaban J connectivity index is 1.21. The number of thiazole rings is 1. The average Bonchev–Trinajstić information content (AvgIpc) is 3.88. The fourth-order valence-electron chi connectivity index (χ4n) is 7.11. The number of amides is 4. The van der Waals surface area contributed by atoms with Crippen LogP contribution in [0.25, 0.3) is 21.6 Å². The maximum atomic E-state index is 14.2. The van der Waals surface area contributed by atoms with Gasteiger partial charge in [0.15, 0.2) is 5.69 Å². The molecule has 3 fully saturated rings. The van der Waals surface area contributed by atoms with E-state index in [4.69, 9.17) is 9.47 Å². The van der Waals surface area contributed by atoms with Gasteiger partial charge in [0, 0.05) is 48.3 Å². The summed E-state index contributed by atoms with van der Waals surface area (Å²) in [6, 6.07) is 3.21. The Labute approximate surface area is 314 Å². The molecule has 290 valence electrons. The number of halogens is 3. The van der Waals surface area contributed by atoms with Gasteiger partial charge in [-0.15, -0.1) is 11.3 Å². The molecule has 2 aliphatic heterocycles. The SMILES string of the molecule is COc1ccc2c(O[C@H]3C[C@H]4C(=O)N(C)CCCCC=C[C@@H]5C[C@@]5(C(=O)NS(=O)(=O)C5(C)CC5)NC(=O)N4C3)cc(-c3nc(C(F)(F)F)cs3)nc2c1C. The third-order valence-corrected chi connectivity index (χ3v) is 13.9. The molecule has 0 spiro atoms. The lowest BCUT2D eigenvalue weighted by Crippen LogP contribution is -2.58. The third-order valence-electron chi connectivity index (χ3n) is 10.9. The van der Waals surface area contributed by atoms with Crippen molar-refractivity contribution in [2.45, 2.75) is 87.4 Å². The second kappa shape index (κ2) is 13.7. The number of carbonyl (C=O) groups is 3. The molecule has 0 radical (unpaired) electrons. The van der Waals surface area contributed by atoms with E-state index in [2.05, 4.69) is 20.0 Å². The Hall–Kier alpha value is -4.45. The van der Waals surface area contributed by atoms with Gasteiger partial charge in [-0.3, -0.25) is 14.3 Å². The normalized spacial score (nSPS) is 25.7. The highest BCUT2D eigenvalue weighted by Gasteiger charge is 2.63. The molecule has 0 bridgehead atoms. The summed E-state index contributed by atoms with van der Waals surface area (Å²) >= 11 is 0.784. The minimum Gasteiger partial charge on any atom is -0.496 e. The van der Waals surface area contributed by atoms with Gasteiger partial charge in [0.05, 0.1) is 23.9 Å². The topological polar surface area (TPSA) is 160 Å². The Morgan fingerprint density at radius 2 is 1.91 bits per heavy atom. The van der Waals surface area contributed by atoms with Crippen molar-refractivity contribution in [1.29, 1.82) is 0 Å². The largest absolute Gasteiger partial charge is 0.496 e. The number of allylic oxidation sites excluding steroid dienone is 1. The number of aromatic nitrogens is 2. The van der Waals surface area contributed by atoms with Crippen LogP contribution in [0, 0.1) is 12.8 Å². The van der Waals surface area contributed by atoms with Crippen LogP contribution in [0.2, 0.25) is 0 Å². The van der Waals surface area contributed by atoms with Gasteiger partial charge in [-0.05, 0) is 64.5 Å². The molecule has 7 rings (SSSR count). The summed E-state index contributed by atoms with van der Waals surface area (Å²) in [5.74, 6) is -0.856. The number of ether oxygens (including phenoxy) is 2. The van der Waals surface area contributed by atoms with E-state index in [0.717, 1.165) is 23.1 Å². The number of nitrogens with one attached hydrogen (secondary N) is 2. The molecular formula is C36H41F3N6O7S2. The van der Waals surface area contributed by atoms with Crippen molar-refractivity contribution in [3.63, 3.8) is 0 Å². The van der Waals surface area contributed by atoms with Crippen LogP contribution in [0.5, 0.6) is 11.5 Å². The number of carbonyl (C=O) groups excluding carboxylic acids is 3. The zero-order valence-electron chi connectivity index (χ0n) is 30.2. The summed E-state index contributed by atoms with van der Waals surface area (Å²) in [6.45, 7) is 3.69.